The molecule has 0 saturated carbocycles. The van der Waals surface area contributed by atoms with Gasteiger partial charge in [0, 0.05) is 12.3 Å². The quantitative estimate of drug-likeness (QED) is 0.617. The summed E-state index contributed by atoms with van der Waals surface area (Å²) in [7, 11) is 0. The Labute approximate surface area is 150 Å². The molecule has 0 aromatic heterocycles. The minimum absolute atomic E-state index is 0.0816. The van der Waals surface area contributed by atoms with Gasteiger partial charge in [-0.2, -0.15) is 0 Å². The largest absolute Gasteiger partial charge is 0.362 e. The molecule has 2 bridgehead atoms. The van der Waals surface area contributed by atoms with Gasteiger partial charge in [-0.15, -0.1) is 0 Å². The molecule has 0 amide bonds. The topological polar surface area (TPSA) is 9.23 Å². The van der Waals surface area contributed by atoms with Crippen LogP contribution in [-0.4, -0.2) is 11.7 Å². The van der Waals surface area contributed by atoms with E-state index in [-0.39, 0.29) is 11.7 Å². The van der Waals surface area contributed by atoms with Crippen molar-refractivity contribution >= 4 is 5.57 Å². The van der Waals surface area contributed by atoms with Crippen LogP contribution in [0.5, 0.6) is 0 Å². The molecule has 25 heavy (non-hydrogen) atoms. The van der Waals surface area contributed by atoms with Crippen LogP contribution in [0.25, 0.3) is 5.57 Å². The molecular formula is C24H26O. The van der Waals surface area contributed by atoms with Crippen molar-refractivity contribution in [3.05, 3.63) is 77.9 Å². The van der Waals surface area contributed by atoms with Crippen molar-refractivity contribution in [1.29, 1.82) is 0 Å². The zero-order valence-corrected chi connectivity index (χ0v) is 14.7. The predicted octanol–water partition coefficient (Wildman–Crippen LogP) is 5.86. The van der Waals surface area contributed by atoms with E-state index in [4.69, 9.17) is 4.74 Å². The van der Waals surface area contributed by atoms with E-state index >= 15 is 0 Å². The Morgan fingerprint density at radius 3 is 2.72 bits per heavy atom. The highest BCUT2D eigenvalue weighted by Gasteiger charge is 2.50. The highest BCUT2D eigenvalue weighted by Crippen LogP contribution is 2.52. The summed E-state index contributed by atoms with van der Waals surface area (Å²) < 4.78 is 6.84. The van der Waals surface area contributed by atoms with Crippen molar-refractivity contribution in [1.82, 2.24) is 0 Å². The van der Waals surface area contributed by atoms with Crippen LogP contribution in [0.1, 0.15) is 44.1 Å². The van der Waals surface area contributed by atoms with Gasteiger partial charge in [-0.25, -0.2) is 0 Å². The van der Waals surface area contributed by atoms with Crippen LogP contribution in [-0.2, 0) is 4.74 Å². The summed E-state index contributed by atoms with van der Waals surface area (Å²) in [5, 5.41) is 0. The molecule has 1 aromatic carbocycles. The van der Waals surface area contributed by atoms with Gasteiger partial charge in [-0.3, -0.25) is 0 Å². The third kappa shape index (κ3) is 2.66. The molecule has 128 valence electrons. The second kappa shape index (κ2) is 6.14. The van der Waals surface area contributed by atoms with Gasteiger partial charge < -0.3 is 4.74 Å². The number of hydrogen-bond donors (Lipinski definition) is 0. The molecule has 2 aliphatic heterocycles. The van der Waals surface area contributed by atoms with E-state index in [1.165, 1.54) is 36.8 Å². The molecule has 2 heterocycles. The van der Waals surface area contributed by atoms with Crippen LogP contribution in [0.3, 0.4) is 0 Å². The zero-order chi connectivity index (χ0) is 16.7. The summed E-state index contributed by atoms with van der Waals surface area (Å²) in [5.41, 5.74) is 4.34. The smallest absolute Gasteiger partial charge is 0.0946 e. The van der Waals surface area contributed by atoms with Gasteiger partial charge in [0.15, 0.2) is 0 Å². The molecule has 1 aromatic rings. The second-order valence-corrected chi connectivity index (χ2v) is 8.00. The number of ether oxygens (including phenoxy) is 1. The van der Waals surface area contributed by atoms with E-state index in [0.29, 0.717) is 11.8 Å². The van der Waals surface area contributed by atoms with Crippen molar-refractivity contribution in [3.63, 3.8) is 0 Å². The van der Waals surface area contributed by atoms with Crippen LogP contribution in [0.4, 0.5) is 0 Å². The summed E-state index contributed by atoms with van der Waals surface area (Å²) in [5.74, 6) is 1.10. The maximum absolute atomic E-state index is 6.84. The summed E-state index contributed by atoms with van der Waals surface area (Å²) in [6.07, 6.45) is 21.6. The van der Waals surface area contributed by atoms with Crippen molar-refractivity contribution in [2.45, 2.75) is 50.2 Å². The standard InChI is InChI=1S/C24H26O/c1-3-9-18(10-4-1)20-15-23-22-14-8-7-11-19(22)16-24(17-20,25-23)21-12-5-2-6-13-21/h1,3-4,7-12,14-15,19,22-23H,2,5-6,13,16-17H2/t19?,22?,23-,24-/m1/s1. The van der Waals surface area contributed by atoms with Crippen LogP contribution in [0.15, 0.2) is 72.4 Å². The van der Waals surface area contributed by atoms with E-state index in [1.807, 2.05) is 0 Å². The lowest BCUT2D eigenvalue weighted by Crippen LogP contribution is -2.52. The Bertz CT molecular complexity index is 767. The monoisotopic (exact) mass is 330 g/mol. The summed E-state index contributed by atoms with van der Waals surface area (Å²) in [4.78, 5) is 0. The first-order chi connectivity index (χ1) is 12.3. The highest BCUT2D eigenvalue weighted by molar-refractivity contribution is 5.69. The molecular weight excluding hydrogens is 304 g/mol. The fraction of sp³-hybridized carbons (Fsp3) is 0.417. The average molecular weight is 330 g/mol. The van der Waals surface area contributed by atoms with Crippen molar-refractivity contribution in [2.75, 3.05) is 0 Å². The lowest BCUT2D eigenvalue weighted by Gasteiger charge is -2.52. The highest BCUT2D eigenvalue weighted by atomic mass is 16.5. The van der Waals surface area contributed by atoms with E-state index in [2.05, 4.69) is 66.8 Å². The zero-order valence-electron chi connectivity index (χ0n) is 14.7. The summed E-state index contributed by atoms with van der Waals surface area (Å²) in [6, 6.07) is 10.9. The predicted molar refractivity (Wildman–Crippen MR) is 103 cm³/mol. The summed E-state index contributed by atoms with van der Waals surface area (Å²) in [6.45, 7) is 0. The van der Waals surface area contributed by atoms with Crippen LogP contribution in [0, 0.1) is 11.8 Å². The first-order valence-electron chi connectivity index (χ1n) is 9.83. The Kier molecular flexibility index (Phi) is 3.78. The van der Waals surface area contributed by atoms with Gasteiger partial charge in [0.1, 0.15) is 0 Å². The second-order valence-electron chi connectivity index (χ2n) is 8.00. The average Bonchev–Trinajstić information content (AvgIpc) is 2.69. The Hall–Kier alpha value is -1.86. The van der Waals surface area contributed by atoms with Crippen LogP contribution >= 0.6 is 0 Å². The SMILES string of the molecule is C1=CC2C[C@]3(C4=CCCCC4)CC(c4ccccc4)=C[C@@H](O3)C2C=C1. The Morgan fingerprint density at radius 2 is 1.88 bits per heavy atom. The van der Waals surface area contributed by atoms with Gasteiger partial charge in [-0.05, 0) is 54.7 Å². The van der Waals surface area contributed by atoms with E-state index < -0.39 is 0 Å². The van der Waals surface area contributed by atoms with Crippen LogP contribution in [0.2, 0.25) is 0 Å². The maximum atomic E-state index is 6.84. The number of hydrogen-bond acceptors (Lipinski definition) is 1. The number of benzene rings is 1. The lowest BCUT2D eigenvalue weighted by molar-refractivity contribution is -0.123. The molecule has 0 spiro atoms. The maximum Gasteiger partial charge on any atom is 0.0946 e. The first-order valence-corrected chi connectivity index (χ1v) is 9.83. The van der Waals surface area contributed by atoms with E-state index in [0.717, 1.165) is 12.8 Å². The van der Waals surface area contributed by atoms with Crippen molar-refractivity contribution in [2.24, 2.45) is 11.8 Å². The summed E-state index contributed by atoms with van der Waals surface area (Å²) >= 11 is 0. The molecule has 0 N–H and O–H groups in total. The van der Waals surface area contributed by atoms with Crippen LogP contribution < -0.4 is 0 Å². The molecule has 0 radical (unpaired) electrons. The fourth-order valence-electron chi connectivity index (χ4n) is 5.24. The molecule has 1 nitrogen and oxygen atoms in total. The van der Waals surface area contributed by atoms with Crippen molar-refractivity contribution < 1.29 is 4.74 Å². The minimum Gasteiger partial charge on any atom is -0.362 e. The molecule has 5 rings (SSSR count). The molecule has 1 fully saturated rings. The van der Waals surface area contributed by atoms with E-state index in [9.17, 15) is 0 Å². The molecule has 2 aliphatic carbocycles. The molecule has 1 saturated heterocycles. The minimum atomic E-state index is -0.0816. The Morgan fingerprint density at radius 1 is 1.00 bits per heavy atom. The van der Waals surface area contributed by atoms with Gasteiger partial charge >= 0.3 is 0 Å². The first kappa shape index (κ1) is 15.4. The Balaban J connectivity index is 1.59. The number of rotatable bonds is 2. The molecule has 4 aliphatic rings. The number of allylic oxidation sites excluding steroid dienone is 4. The van der Waals surface area contributed by atoms with Gasteiger partial charge in [0.2, 0.25) is 0 Å². The fourth-order valence-corrected chi connectivity index (χ4v) is 5.24. The third-order valence-electron chi connectivity index (χ3n) is 6.47. The molecule has 1 heteroatoms. The lowest BCUT2D eigenvalue weighted by atomic mass is 9.65. The van der Waals surface area contributed by atoms with Gasteiger partial charge in [-0.1, -0.05) is 66.8 Å². The van der Waals surface area contributed by atoms with Gasteiger partial charge in [0.25, 0.3) is 0 Å². The van der Waals surface area contributed by atoms with E-state index in [1.54, 1.807) is 5.57 Å². The van der Waals surface area contributed by atoms with Gasteiger partial charge in [0.05, 0.1) is 11.7 Å². The van der Waals surface area contributed by atoms with Crippen molar-refractivity contribution in [3.8, 4) is 0 Å². The normalized spacial score (nSPS) is 36.4. The molecule has 2 unspecified atom stereocenters. The third-order valence-corrected chi connectivity index (χ3v) is 6.47. The molecule has 4 atom stereocenters. The number of fused-ring (bicyclic) bond motifs is 4.